The zero-order valence-corrected chi connectivity index (χ0v) is 10.4. The molecular formula is C13H17NO5. The fraction of sp³-hybridized carbons (Fsp3) is 0.385. The van der Waals surface area contributed by atoms with Crippen molar-refractivity contribution in [3.05, 3.63) is 35.9 Å². The fourth-order valence-electron chi connectivity index (χ4n) is 1.50. The second-order valence-corrected chi connectivity index (χ2v) is 4.33. The highest BCUT2D eigenvalue weighted by Gasteiger charge is 2.34. The van der Waals surface area contributed by atoms with Gasteiger partial charge in [0, 0.05) is 6.42 Å². The average molecular weight is 267 g/mol. The second kappa shape index (κ2) is 6.86. The molecular weight excluding hydrogens is 250 g/mol. The van der Waals surface area contributed by atoms with Crippen molar-refractivity contribution in [2.45, 2.75) is 25.0 Å². The SMILES string of the molecule is N[C@](CCC(=O)O)(COCc1ccccc1)C(=O)O. The third kappa shape index (κ3) is 5.07. The number of rotatable bonds is 8. The molecule has 0 fully saturated rings. The number of carbonyl (C=O) groups is 2. The molecule has 0 radical (unpaired) electrons. The lowest BCUT2D eigenvalue weighted by Gasteiger charge is -2.23. The molecule has 0 aliphatic carbocycles. The summed E-state index contributed by atoms with van der Waals surface area (Å²) in [6.45, 7) is 0.00461. The van der Waals surface area contributed by atoms with E-state index in [9.17, 15) is 9.59 Å². The topological polar surface area (TPSA) is 110 Å². The van der Waals surface area contributed by atoms with E-state index in [1.807, 2.05) is 30.3 Å². The number of nitrogens with two attached hydrogens (primary N) is 1. The van der Waals surface area contributed by atoms with Crippen LogP contribution >= 0.6 is 0 Å². The first-order chi connectivity index (χ1) is 8.94. The first kappa shape index (κ1) is 15.1. The van der Waals surface area contributed by atoms with Crippen molar-refractivity contribution >= 4 is 11.9 Å². The van der Waals surface area contributed by atoms with Gasteiger partial charge in [-0.3, -0.25) is 9.59 Å². The molecule has 1 atom stereocenters. The van der Waals surface area contributed by atoms with E-state index in [0.717, 1.165) is 5.56 Å². The minimum atomic E-state index is -1.67. The van der Waals surface area contributed by atoms with E-state index in [-0.39, 0.29) is 26.1 Å². The predicted octanol–water partition coefficient (Wildman–Crippen LogP) is 0.850. The van der Waals surface area contributed by atoms with Crippen LogP contribution in [0.1, 0.15) is 18.4 Å². The smallest absolute Gasteiger partial charge is 0.326 e. The van der Waals surface area contributed by atoms with Gasteiger partial charge in [0.25, 0.3) is 0 Å². The summed E-state index contributed by atoms with van der Waals surface area (Å²) in [5.74, 6) is -2.35. The maximum Gasteiger partial charge on any atom is 0.326 e. The van der Waals surface area contributed by atoms with E-state index in [2.05, 4.69) is 0 Å². The van der Waals surface area contributed by atoms with E-state index in [4.69, 9.17) is 20.7 Å². The Kier molecular flexibility index (Phi) is 5.47. The van der Waals surface area contributed by atoms with Crippen molar-refractivity contribution in [1.29, 1.82) is 0 Å². The minimum Gasteiger partial charge on any atom is -0.481 e. The van der Waals surface area contributed by atoms with Gasteiger partial charge in [0.1, 0.15) is 5.54 Å². The molecule has 6 heteroatoms. The van der Waals surface area contributed by atoms with Crippen LogP contribution in [0.15, 0.2) is 30.3 Å². The first-order valence-electron chi connectivity index (χ1n) is 5.80. The van der Waals surface area contributed by atoms with E-state index >= 15 is 0 Å². The summed E-state index contributed by atoms with van der Waals surface area (Å²) < 4.78 is 5.28. The van der Waals surface area contributed by atoms with E-state index < -0.39 is 17.5 Å². The Bertz CT molecular complexity index is 434. The Morgan fingerprint density at radius 1 is 1.21 bits per heavy atom. The van der Waals surface area contributed by atoms with Crippen LogP contribution in [0.3, 0.4) is 0 Å². The molecule has 0 unspecified atom stereocenters. The minimum absolute atomic E-state index is 0.174. The van der Waals surface area contributed by atoms with Crippen LogP contribution in [0, 0.1) is 0 Å². The Morgan fingerprint density at radius 2 is 1.84 bits per heavy atom. The monoisotopic (exact) mass is 267 g/mol. The van der Waals surface area contributed by atoms with Crippen LogP contribution in [-0.2, 0) is 20.9 Å². The third-order valence-electron chi connectivity index (χ3n) is 2.68. The molecule has 0 aliphatic rings. The number of hydrogen-bond acceptors (Lipinski definition) is 4. The molecule has 1 aromatic rings. The maximum atomic E-state index is 11.1. The van der Waals surface area contributed by atoms with Gasteiger partial charge in [-0.05, 0) is 12.0 Å². The van der Waals surface area contributed by atoms with Gasteiger partial charge in [0.05, 0.1) is 13.2 Å². The Hall–Kier alpha value is -1.92. The van der Waals surface area contributed by atoms with Crippen LogP contribution in [0.4, 0.5) is 0 Å². The molecule has 0 spiro atoms. The van der Waals surface area contributed by atoms with Crippen LogP contribution < -0.4 is 5.73 Å². The lowest BCUT2D eigenvalue weighted by atomic mass is 9.96. The highest BCUT2D eigenvalue weighted by molar-refractivity contribution is 5.79. The van der Waals surface area contributed by atoms with Crippen LogP contribution in [-0.4, -0.2) is 34.3 Å². The predicted molar refractivity (Wildman–Crippen MR) is 67.5 cm³/mol. The molecule has 0 aliphatic heterocycles. The van der Waals surface area contributed by atoms with Crippen molar-refractivity contribution < 1.29 is 24.5 Å². The zero-order valence-electron chi connectivity index (χ0n) is 10.4. The molecule has 1 aromatic carbocycles. The Labute approximate surface area is 110 Å². The molecule has 0 bridgehead atoms. The molecule has 4 N–H and O–H groups in total. The summed E-state index contributed by atoms with van der Waals surface area (Å²) in [4.78, 5) is 21.6. The number of carboxylic acid groups (broad SMARTS) is 2. The molecule has 0 saturated heterocycles. The van der Waals surface area contributed by atoms with Gasteiger partial charge in [-0.15, -0.1) is 0 Å². The summed E-state index contributed by atoms with van der Waals surface area (Å²) in [7, 11) is 0. The van der Waals surface area contributed by atoms with Gasteiger partial charge in [-0.2, -0.15) is 0 Å². The van der Waals surface area contributed by atoms with E-state index in [0.29, 0.717) is 0 Å². The van der Waals surface area contributed by atoms with Crippen molar-refractivity contribution in [3.8, 4) is 0 Å². The summed E-state index contributed by atoms with van der Waals surface area (Å²) >= 11 is 0. The Morgan fingerprint density at radius 3 is 2.37 bits per heavy atom. The van der Waals surface area contributed by atoms with Gasteiger partial charge >= 0.3 is 11.9 Å². The lowest BCUT2D eigenvalue weighted by Crippen LogP contribution is -2.52. The molecule has 0 heterocycles. The molecule has 104 valence electrons. The quantitative estimate of drug-likeness (QED) is 0.644. The molecule has 0 aromatic heterocycles. The second-order valence-electron chi connectivity index (χ2n) is 4.33. The largest absolute Gasteiger partial charge is 0.481 e. The summed E-state index contributed by atoms with van der Waals surface area (Å²) in [5.41, 5.74) is 4.89. The van der Waals surface area contributed by atoms with E-state index in [1.54, 1.807) is 0 Å². The van der Waals surface area contributed by atoms with Gasteiger partial charge in [0.15, 0.2) is 0 Å². The van der Waals surface area contributed by atoms with Crippen LogP contribution in [0.2, 0.25) is 0 Å². The first-order valence-corrected chi connectivity index (χ1v) is 5.80. The van der Waals surface area contributed by atoms with Crippen LogP contribution in [0.25, 0.3) is 0 Å². The van der Waals surface area contributed by atoms with Crippen LogP contribution in [0.5, 0.6) is 0 Å². The number of aliphatic carboxylic acids is 2. The molecule has 19 heavy (non-hydrogen) atoms. The fourth-order valence-corrected chi connectivity index (χ4v) is 1.50. The summed E-state index contributed by atoms with van der Waals surface area (Å²) in [6.07, 6.45) is -0.482. The van der Waals surface area contributed by atoms with Crippen molar-refractivity contribution in [1.82, 2.24) is 0 Å². The van der Waals surface area contributed by atoms with Gasteiger partial charge in [-0.25, -0.2) is 0 Å². The maximum absolute atomic E-state index is 11.1. The summed E-state index contributed by atoms with van der Waals surface area (Å²) in [5, 5.41) is 17.6. The van der Waals surface area contributed by atoms with Crippen molar-refractivity contribution in [2.24, 2.45) is 5.73 Å². The third-order valence-corrected chi connectivity index (χ3v) is 2.68. The number of hydrogen-bond donors (Lipinski definition) is 3. The normalized spacial score (nSPS) is 13.7. The number of carboxylic acids is 2. The molecule has 0 amide bonds. The van der Waals surface area contributed by atoms with Crippen molar-refractivity contribution in [2.75, 3.05) is 6.61 Å². The van der Waals surface area contributed by atoms with E-state index in [1.165, 1.54) is 0 Å². The highest BCUT2D eigenvalue weighted by Crippen LogP contribution is 2.12. The molecule has 6 nitrogen and oxygen atoms in total. The number of ether oxygens (including phenoxy) is 1. The zero-order chi connectivity index (χ0) is 14.3. The molecule has 1 rings (SSSR count). The average Bonchev–Trinajstić information content (AvgIpc) is 2.37. The molecule has 0 saturated carbocycles. The standard InChI is InChI=1S/C13H17NO5/c14-13(12(17)18,7-6-11(15)16)9-19-8-10-4-2-1-3-5-10/h1-5H,6-9,14H2,(H,15,16)(H,17,18)/t13-/m1/s1. The number of benzene rings is 1. The summed E-state index contributed by atoms with van der Waals surface area (Å²) in [6, 6.07) is 9.24. The Balaban J connectivity index is 2.50. The highest BCUT2D eigenvalue weighted by atomic mass is 16.5. The van der Waals surface area contributed by atoms with Gasteiger partial charge in [0.2, 0.25) is 0 Å². The van der Waals surface area contributed by atoms with Crippen molar-refractivity contribution in [3.63, 3.8) is 0 Å². The van der Waals surface area contributed by atoms with Gasteiger partial charge < -0.3 is 20.7 Å². The lowest BCUT2D eigenvalue weighted by molar-refractivity contribution is -0.147. The van der Waals surface area contributed by atoms with Gasteiger partial charge in [-0.1, -0.05) is 30.3 Å².